The van der Waals surface area contributed by atoms with Gasteiger partial charge >= 0.3 is 0 Å². The summed E-state index contributed by atoms with van der Waals surface area (Å²) in [5.74, 6) is 1.60. The van der Waals surface area contributed by atoms with Gasteiger partial charge in [0.15, 0.2) is 0 Å². The summed E-state index contributed by atoms with van der Waals surface area (Å²) in [7, 11) is 1.93. The summed E-state index contributed by atoms with van der Waals surface area (Å²) in [5.41, 5.74) is 0. The number of halogens is 2. The maximum absolute atomic E-state index is 5.85. The molecule has 3 nitrogen and oxygen atoms in total. The molecule has 5 heteroatoms. The van der Waals surface area contributed by atoms with Crippen molar-refractivity contribution < 1.29 is 4.74 Å². The summed E-state index contributed by atoms with van der Waals surface area (Å²) in [6.07, 6.45) is 1.89. The average molecular weight is 302 g/mol. The lowest BCUT2D eigenvalue weighted by molar-refractivity contribution is 0.292. The maximum Gasteiger partial charge on any atom is 0.147 e. The van der Waals surface area contributed by atoms with E-state index in [4.69, 9.17) is 16.3 Å². The van der Waals surface area contributed by atoms with E-state index in [-0.39, 0.29) is 0 Å². The molecule has 84 valence electrons. The summed E-state index contributed by atoms with van der Waals surface area (Å²) in [6, 6.07) is 7.31. The normalized spacial score (nSPS) is 10.4. The van der Waals surface area contributed by atoms with Crippen LogP contribution in [0, 0.1) is 0 Å². The highest BCUT2D eigenvalue weighted by Crippen LogP contribution is 2.18. The lowest BCUT2D eigenvalue weighted by Gasteiger charge is -2.05. The molecule has 0 aliphatic rings. The number of hydrogen-bond donors (Lipinski definition) is 0. The molecule has 0 saturated carbocycles. The van der Waals surface area contributed by atoms with Crippen molar-refractivity contribution in [1.29, 1.82) is 0 Å². The van der Waals surface area contributed by atoms with Crippen molar-refractivity contribution in [2.24, 2.45) is 7.05 Å². The Kier molecular flexibility index (Phi) is 3.51. The maximum atomic E-state index is 5.85. The number of ether oxygens (including phenoxy) is 1. The Morgan fingerprint density at radius 3 is 2.94 bits per heavy atom. The third-order valence-corrected chi connectivity index (χ3v) is 2.72. The van der Waals surface area contributed by atoms with E-state index in [1.54, 1.807) is 6.07 Å². The first-order valence-electron chi connectivity index (χ1n) is 4.71. The van der Waals surface area contributed by atoms with Crippen LogP contribution in [0.15, 0.2) is 35.1 Å². The highest BCUT2D eigenvalue weighted by molar-refractivity contribution is 9.10. The Morgan fingerprint density at radius 1 is 1.50 bits per heavy atom. The molecule has 0 atom stereocenters. The third-order valence-electron chi connectivity index (χ3n) is 2.11. The van der Waals surface area contributed by atoms with Crippen molar-refractivity contribution in [3.63, 3.8) is 0 Å². The smallest absolute Gasteiger partial charge is 0.147 e. The number of aryl methyl sites for hydroxylation is 1. The van der Waals surface area contributed by atoms with E-state index in [9.17, 15) is 0 Å². The lowest BCUT2D eigenvalue weighted by Crippen LogP contribution is -2.02. The van der Waals surface area contributed by atoms with Crippen LogP contribution in [0.3, 0.4) is 0 Å². The van der Waals surface area contributed by atoms with E-state index in [0.717, 1.165) is 16.2 Å². The molecule has 1 heterocycles. The molecule has 0 radical (unpaired) electrons. The van der Waals surface area contributed by atoms with Gasteiger partial charge in [0.1, 0.15) is 22.8 Å². The third kappa shape index (κ3) is 2.77. The zero-order valence-electron chi connectivity index (χ0n) is 8.65. The van der Waals surface area contributed by atoms with Crippen LogP contribution < -0.4 is 4.74 Å². The summed E-state index contributed by atoms with van der Waals surface area (Å²) >= 11 is 9.17. The van der Waals surface area contributed by atoms with Crippen molar-refractivity contribution in [2.45, 2.75) is 6.61 Å². The van der Waals surface area contributed by atoms with Crippen LogP contribution in [0.5, 0.6) is 5.75 Å². The molecular formula is C11H10BrClN2O. The first kappa shape index (κ1) is 11.5. The first-order chi connectivity index (χ1) is 7.65. The van der Waals surface area contributed by atoms with Crippen LogP contribution in [0.1, 0.15) is 5.82 Å². The molecular weight excluding hydrogens is 291 g/mol. The molecule has 0 amide bonds. The molecule has 16 heavy (non-hydrogen) atoms. The van der Waals surface area contributed by atoms with E-state index in [0.29, 0.717) is 11.6 Å². The largest absolute Gasteiger partial charge is 0.486 e. The molecule has 0 bridgehead atoms. The molecule has 0 aliphatic heterocycles. The SMILES string of the molecule is Cn1cc(Br)nc1COc1cccc(Cl)c1. The topological polar surface area (TPSA) is 27.1 Å². The standard InChI is InChI=1S/C11H10BrClN2O/c1-15-6-10(12)14-11(15)7-16-9-4-2-3-8(13)5-9/h2-6H,7H2,1H3. The zero-order valence-corrected chi connectivity index (χ0v) is 11.0. The number of aromatic nitrogens is 2. The molecule has 1 aromatic heterocycles. The number of hydrogen-bond acceptors (Lipinski definition) is 2. The van der Waals surface area contributed by atoms with Gasteiger partial charge in [0.05, 0.1) is 0 Å². The van der Waals surface area contributed by atoms with E-state index in [1.807, 2.05) is 36.0 Å². The predicted molar refractivity (Wildman–Crippen MR) is 66.7 cm³/mol. The summed E-state index contributed by atoms with van der Waals surface area (Å²) in [4.78, 5) is 4.27. The molecule has 2 aromatic rings. The summed E-state index contributed by atoms with van der Waals surface area (Å²) in [6.45, 7) is 0.419. The van der Waals surface area contributed by atoms with Gasteiger partial charge in [-0.2, -0.15) is 0 Å². The van der Waals surface area contributed by atoms with Gasteiger partial charge in [0, 0.05) is 18.3 Å². The van der Waals surface area contributed by atoms with Crippen LogP contribution in [0.2, 0.25) is 5.02 Å². The second-order valence-corrected chi connectivity index (χ2v) is 4.59. The Balaban J connectivity index is 2.05. The Bertz CT molecular complexity index is 498. The number of nitrogens with zero attached hydrogens (tertiary/aromatic N) is 2. The molecule has 0 spiro atoms. The van der Waals surface area contributed by atoms with Gasteiger partial charge in [-0.3, -0.25) is 0 Å². The van der Waals surface area contributed by atoms with Crippen molar-refractivity contribution in [1.82, 2.24) is 9.55 Å². The molecule has 0 fully saturated rings. The minimum Gasteiger partial charge on any atom is -0.486 e. The van der Waals surface area contributed by atoms with Gasteiger partial charge in [0.25, 0.3) is 0 Å². The van der Waals surface area contributed by atoms with Crippen LogP contribution in [-0.4, -0.2) is 9.55 Å². The predicted octanol–water partition coefficient (Wildman–Crippen LogP) is 3.42. The highest BCUT2D eigenvalue weighted by atomic mass is 79.9. The summed E-state index contributed by atoms with van der Waals surface area (Å²) in [5, 5.41) is 0.665. The number of rotatable bonds is 3. The zero-order chi connectivity index (χ0) is 11.5. The van der Waals surface area contributed by atoms with Gasteiger partial charge < -0.3 is 9.30 Å². The van der Waals surface area contributed by atoms with Crippen molar-refractivity contribution in [3.05, 3.63) is 45.9 Å². The summed E-state index contributed by atoms with van der Waals surface area (Å²) < 4.78 is 8.30. The highest BCUT2D eigenvalue weighted by Gasteiger charge is 2.04. The monoisotopic (exact) mass is 300 g/mol. The lowest BCUT2D eigenvalue weighted by atomic mass is 10.3. The molecule has 0 aliphatic carbocycles. The van der Waals surface area contributed by atoms with E-state index in [2.05, 4.69) is 20.9 Å². The fourth-order valence-corrected chi connectivity index (χ4v) is 2.00. The van der Waals surface area contributed by atoms with Crippen LogP contribution >= 0.6 is 27.5 Å². The molecule has 0 N–H and O–H groups in total. The van der Waals surface area contributed by atoms with Crippen molar-refractivity contribution >= 4 is 27.5 Å². The Hall–Kier alpha value is -1.00. The van der Waals surface area contributed by atoms with Crippen molar-refractivity contribution in [3.8, 4) is 5.75 Å². The van der Waals surface area contributed by atoms with E-state index in [1.165, 1.54) is 0 Å². The quantitative estimate of drug-likeness (QED) is 0.868. The second kappa shape index (κ2) is 4.89. The van der Waals surface area contributed by atoms with Crippen LogP contribution in [-0.2, 0) is 13.7 Å². The molecule has 2 rings (SSSR count). The number of imidazole rings is 1. The molecule has 0 saturated heterocycles. The van der Waals surface area contributed by atoms with Gasteiger partial charge in [-0.1, -0.05) is 17.7 Å². The van der Waals surface area contributed by atoms with Crippen molar-refractivity contribution in [2.75, 3.05) is 0 Å². The van der Waals surface area contributed by atoms with E-state index < -0.39 is 0 Å². The molecule has 1 aromatic carbocycles. The van der Waals surface area contributed by atoms with Crippen LogP contribution in [0.4, 0.5) is 0 Å². The minimum absolute atomic E-state index is 0.419. The minimum atomic E-state index is 0.419. The van der Waals surface area contributed by atoms with Gasteiger partial charge in [-0.15, -0.1) is 0 Å². The fraction of sp³-hybridized carbons (Fsp3) is 0.182. The molecule has 0 unspecified atom stereocenters. The second-order valence-electron chi connectivity index (χ2n) is 3.34. The van der Waals surface area contributed by atoms with Gasteiger partial charge in [-0.05, 0) is 34.1 Å². The Labute approximate surface area is 107 Å². The van der Waals surface area contributed by atoms with Gasteiger partial charge in [-0.25, -0.2) is 4.98 Å². The Morgan fingerprint density at radius 2 is 2.31 bits per heavy atom. The first-order valence-corrected chi connectivity index (χ1v) is 5.88. The fourth-order valence-electron chi connectivity index (χ4n) is 1.30. The van der Waals surface area contributed by atoms with E-state index >= 15 is 0 Å². The number of benzene rings is 1. The van der Waals surface area contributed by atoms with Crippen LogP contribution in [0.25, 0.3) is 0 Å². The average Bonchev–Trinajstić information content (AvgIpc) is 2.54. The van der Waals surface area contributed by atoms with Gasteiger partial charge in [0.2, 0.25) is 0 Å².